The average molecular weight is 218 g/mol. The summed E-state index contributed by atoms with van der Waals surface area (Å²) in [5.74, 6) is -0.709. The van der Waals surface area contributed by atoms with Crippen LogP contribution in [0, 0.1) is 15.6 Å². The van der Waals surface area contributed by atoms with Crippen LogP contribution in [0.5, 0.6) is 0 Å². The van der Waals surface area contributed by atoms with Crippen LogP contribution in [0.2, 0.25) is 0 Å². The van der Waals surface area contributed by atoms with Gasteiger partial charge in [0.2, 0.25) is 0 Å². The first-order valence-electron chi connectivity index (χ1n) is 4.31. The molecule has 0 saturated heterocycles. The molecular formula is C9H6N4O3. The Morgan fingerprint density at radius 3 is 2.81 bits per heavy atom. The molecule has 0 bridgehead atoms. The maximum atomic E-state index is 11.1. The third kappa shape index (κ3) is 1.54. The summed E-state index contributed by atoms with van der Waals surface area (Å²) < 4.78 is 0. The zero-order valence-corrected chi connectivity index (χ0v) is 7.93. The number of carbonyl (C=O) groups is 1. The van der Waals surface area contributed by atoms with Gasteiger partial charge < -0.3 is 4.98 Å². The molecule has 0 atom stereocenters. The Hall–Kier alpha value is -2.57. The molecule has 1 amide bonds. The van der Waals surface area contributed by atoms with Crippen LogP contribution in [-0.2, 0) is 0 Å². The Balaban J connectivity index is 2.58. The molecule has 0 aliphatic rings. The van der Waals surface area contributed by atoms with E-state index in [4.69, 9.17) is 5.53 Å². The number of H-pyrrole nitrogens is 1. The standard InChI is InChI=1S/C9H6N4O3/c10-12-9(14)8-3-5-1-2-6(13(15)16)4-7(5)11-8/h1-4,10-11H. The summed E-state index contributed by atoms with van der Waals surface area (Å²) in [5, 5.41) is 13.9. The monoisotopic (exact) mass is 218 g/mol. The van der Waals surface area contributed by atoms with Crippen molar-refractivity contribution < 1.29 is 9.72 Å². The fraction of sp³-hybridized carbons (Fsp3) is 0. The van der Waals surface area contributed by atoms with Crippen LogP contribution in [0.3, 0.4) is 0 Å². The molecule has 80 valence electrons. The minimum Gasteiger partial charge on any atom is -0.350 e. The minimum atomic E-state index is -0.709. The third-order valence-corrected chi connectivity index (χ3v) is 2.15. The van der Waals surface area contributed by atoms with Crippen LogP contribution in [0.1, 0.15) is 10.5 Å². The van der Waals surface area contributed by atoms with Crippen LogP contribution < -0.4 is 0 Å². The van der Waals surface area contributed by atoms with Gasteiger partial charge in [0, 0.05) is 17.5 Å². The van der Waals surface area contributed by atoms with Gasteiger partial charge in [0.05, 0.1) is 10.4 Å². The highest BCUT2D eigenvalue weighted by atomic mass is 16.6. The number of nitro benzene ring substituents is 1. The van der Waals surface area contributed by atoms with Crippen molar-refractivity contribution >= 4 is 22.5 Å². The molecule has 0 unspecified atom stereocenters. The van der Waals surface area contributed by atoms with Gasteiger partial charge in [0.15, 0.2) is 0 Å². The lowest BCUT2D eigenvalue weighted by Gasteiger charge is -1.90. The first-order valence-corrected chi connectivity index (χ1v) is 4.31. The zero-order valence-electron chi connectivity index (χ0n) is 7.93. The molecule has 7 nitrogen and oxygen atoms in total. The van der Waals surface area contributed by atoms with Gasteiger partial charge in [-0.05, 0) is 12.1 Å². The molecule has 1 aromatic carbocycles. The van der Waals surface area contributed by atoms with Crippen LogP contribution in [0.4, 0.5) is 5.69 Å². The lowest BCUT2D eigenvalue weighted by atomic mass is 10.2. The van der Waals surface area contributed by atoms with Gasteiger partial charge in [-0.15, -0.1) is 5.11 Å². The molecule has 2 rings (SSSR count). The molecule has 1 aromatic heterocycles. The smallest absolute Gasteiger partial charge is 0.311 e. The van der Waals surface area contributed by atoms with E-state index in [0.717, 1.165) is 0 Å². The maximum Gasteiger partial charge on any atom is 0.311 e. The summed E-state index contributed by atoms with van der Waals surface area (Å²) in [6.07, 6.45) is 0. The van der Waals surface area contributed by atoms with Gasteiger partial charge in [-0.2, -0.15) is 0 Å². The normalized spacial score (nSPS) is 10.2. The van der Waals surface area contributed by atoms with Gasteiger partial charge in [0.25, 0.3) is 5.69 Å². The number of carbonyl (C=O) groups excluding carboxylic acids is 1. The molecule has 0 radical (unpaired) electrons. The number of rotatable bonds is 2. The van der Waals surface area contributed by atoms with Gasteiger partial charge in [-0.25, -0.2) is 5.53 Å². The van der Waals surface area contributed by atoms with Crippen molar-refractivity contribution in [1.82, 2.24) is 4.98 Å². The van der Waals surface area contributed by atoms with Gasteiger partial charge in [0.1, 0.15) is 5.69 Å². The second-order valence-electron chi connectivity index (χ2n) is 3.13. The molecule has 1 heterocycles. The molecule has 2 N–H and O–H groups in total. The number of aromatic amines is 1. The lowest BCUT2D eigenvalue weighted by Crippen LogP contribution is -1.92. The second-order valence-corrected chi connectivity index (χ2v) is 3.13. The number of hydrogen-bond acceptors (Lipinski definition) is 4. The summed E-state index contributed by atoms with van der Waals surface area (Å²) in [5.41, 5.74) is 7.14. The van der Waals surface area contributed by atoms with Crippen molar-refractivity contribution in [2.45, 2.75) is 0 Å². The predicted molar refractivity (Wildman–Crippen MR) is 54.4 cm³/mol. The van der Waals surface area contributed by atoms with Gasteiger partial charge in [-0.1, -0.05) is 0 Å². The van der Waals surface area contributed by atoms with Gasteiger partial charge >= 0.3 is 5.91 Å². The first kappa shape index (κ1) is 9.97. The Bertz CT molecular complexity index is 602. The number of hydrogen-bond donors (Lipinski definition) is 2. The zero-order chi connectivity index (χ0) is 11.7. The summed E-state index contributed by atoms with van der Waals surface area (Å²) in [6.45, 7) is 0. The predicted octanol–water partition coefficient (Wildman–Crippen LogP) is 2.25. The molecule has 7 heteroatoms. The van der Waals surface area contributed by atoms with Crippen molar-refractivity contribution in [3.05, 3.63) is 40.1 Å². The quantitative estimate of drug-likeness (QED) is 0.457. The van der Waals surface area contributed by atoms with E-state index < -0.39 is 10.8 Å². The number of non-ortho nitro benzene ring substituents is 1. The van der Waals surface area contributed by atoms with E-state index in [1.165, 1.54) is 24.3 Å². The fourth-order valence-electron chi connectivity index (χ4n) is 1.40. The van der Waals surface area contributed by atoms with Crippen LogP contribution in [-0.4, -0.2) is 15.8 Å². The van der Waals surface area contributed by atoms with E-state index in [1.54, 1.807) is 0 Å². The third-order valence-electron chi connectivity index (χ3n) is 2.15. The molecule has 0 saturated carbocycles. The lowest BCUT2D eigenvalue weighted by molar-refractivity contribution is -0.384. The highest BCUT2D eigenvalue weighted by molar-refractivity contribution is 5.98. The van der Waals surface area contributed by atoms with Crippen molar-refractivity contribution in [3.63, 3.8) is 0 Å². The number of nitrogens with one attached hydrogen (secondary N) is 2. The number of fused-ring (bicyclic) bond motifs is 1. The molecule has 0 aliphatic carbocycles. The molecule has 0 aliphatic heterocycles. The number of benzene rings is 1. The molecule has 2 aromatic rings. The number of amides is 1. The highest BCUT2D eigenvalue weighted by Crippen LogP contribution is 2.21. The summed E-state index contributed by atoms with van der Waals surface area (Å²) in [6, 6.07) is 5.71. The molecule has 0 fully saturated rings. The Kier molecular flexibility index (Phi) is 2.20. The minimum absolute atomic E-state index is 0.0591. The fourth-order valence-corrected chi connectivity index (χ4v) is 1.40. The highest BCUT2D eigenvalue weighted by Gasteiger charge is 2.11. The maximum absolute atomic E-state index is 11.1. The Morgan fingerprint density at radius 1 is 1.44 bits per heavy atom. The average Bonchev–Trinajstić information content (AvgIpc) is 2.70. The Labute approximate surface area is 88.7 Å². The van der Waals surface area contributed by atoms with Crippen LogP contribution >= 0.6 is 0 Å². The van der Waals surface area contributed by atoms with E-state index in [9.17, 15) is 14.9 Å². The number of aromatic nitrogens is 1. The molecule has 0 spiro atoms. The SMILES string of the molecule is N=NC(=O)c1cc2ccc([N+](=O)[O-])cc2[nH]1. The largest absolute Gasteiger partial charge is 0.350 e. The van der Waals surface area contributed by atoms with E-state index in [2.05, 4.69) is 10.1 Å². The summed E-state index contributed by atoms with van der Waals surface area (Å²) in [7, 11) is 0. The number of nitro groups is 1. The Morgan fingerprint density at radius 2 is 2.19 bits per heavy atom. The van der Waals surface area contributed by atoms with Crippen molar-refractivity contribution in [2.24, 2.45) is 5.11 Å². The first-order chi connectivity index (χ1) is 7.61. The van der Waals surface area contributed by atoms with E-state index in [-0.39, 0.29) is 11.4 Å². The molecule has 16 heavy (non-hydrogen) atoms. The van der Waals surface area contributed by atoms with E-state index in [0.29, 0.717) is 10.9 Å². The van der Waals surface area contributed by atoms with Crippen LogP contribution in [0.25, 0.3) is 10.9 Å². The van der Waals surface area contributed by atoms with Crippen LogP contribution in [0.15, 0.2) is 29.4 Å². The van der Waals surface area contributed by atoms with Crippen molar-refractivity contribution in [3.8, 4) is 0 Å². The van der Waals surface area contributed by atoms with Crippen molar-refractivity contribution in [2.75, 3.05) is 0 Å². The second kappa shape index (κ2) is 3.54. The topological polar surface area (TPSA) is 112 Å². The molecular weight excluding hydrogens is 212 g/mol. The number of nitrogens with zero attached hydrogens (tertiary/aromatic N) is 2. The van der Waals surface area contributed by atoms with E-state index in [1.807, 2.05) is 0 Å². The summed E-state index contributed by atoms with van der Waals surface area (Å²) in [4.78, 5) is 23.8. The van der Waals surface area contributed by atoms with Gasteiger partial charge in [-0.3, -0.25) is 14.9 Å². The van der Waals surface area contributed by atoms with Crippen molar-refractivity contribution in [1.29, 1.82) is 5.53 Å². The van der Waals surface area contributed by atoms with E-state index >= 15 is 0 Å². The summed E-state index contributed by atoms with van der Waals surface area (Å²) >= 11 is 0.